The number of nitrogens with zero attached hydrogens (tertiary/aromatic N) is 2. The molecule has 1 aliphatic rings. The summed E-state index contributed by atoms with van der Waals surface area (Å²) < 4.78 is 0. The summed E-state index contributed by atoms with van der Waals surface area (Å²) in [5, 5.41) is 0. The molecule has 0 saturated carbocycles. The van der Waals surface area contributed by atoms with Gasteiger partial charge in [-0.3, -0.25) is 0 Å². The van der Waals surface area contributed by atoms with Gasteiger partial charge in [-0.1, -0.05) is 6.92 Å². The maximum atomic E-state index is 2.43. The lowest BCUT2D eigenvalue weighted by molar-refractivity contribution is 0.179. The molecule has 12 heavy (non-hydrogen) atoms. The SMILES string of the molecule is CCN(C)CC1CCN(C)CC1. The first-order chi connectivity index (χ1) is 5.72. The Morgan fingerprint density at radius 1 is 1.33 bits per heavy atom. The van der Waals surface area contributed by atoms with Gasteiger partial charge in [-0.25, -0.2) is 0 Å². The van der Waals surface area contributed by atoms with E-state index in [1.165, 1.54) is 39.0 Å². The van der Waals surface area contributed by atoms with Crippen molar-refractivity contribution >= 4 is 0 Å². The van der Waals surface area contributed by atoms with E-state index in [0.29, 0.717) is 0 Å². The van der Waals surface area contributed by atoms with E-state index < -0.39 is 0 Å². The van der Waals surface area contributed by atoms with E-state index in [2.05, 4.69) is 30.8 Å². The fourth-order valence-electron chi connectivity index (χ4n) is 1.81. The lowest BCUT2D eigenvalue weighted by Gasteiger charge is -2.31. The Morgan fingerprint density at radius 3 is 2.42 bits per heavy atom. The zero-order valence-electron chi connectivity index (χ0n) is 8.71. The average molecular weight is 170 g/mol. The second kappa shape index (κ2) is 4.83. The van der Waals surface area contributed by atoms with E-state index >= 15 is 0 Å². The van der Waals surface area contributed by atoms with Gasteiger partial charge in [0.25, 0.3) is 0 Å². The number of hydrogen-bond acceptors (Lipinski definition) is 2. The van der Waals surface area contributed by atoms with Crippen LogP contribution in [0.15, 0.2) is 0 Å². The van der Waals surface area contributed by atoms with Crippen molar-refractivity contribution in [3.63, 3.8) is 0 Å². The Balaban J connectivity index is 2.17. The number of piperidine rings is 1. The van der Waals surface area contributed by atoms with Gasteiger partial charge in [0, 0.05) is 6.54 Å². The van der Waals surface area contributed by atoms with E-state index in [9.17, 15) is 0 Å². The summed E-state index contributed by atoms with van der Waals surface area (Å²) in [5.74, 6) is 0.950. The van der Waals surface area contributed by atoms with Gasteiger partial charge in [-0.15, -0.1) is 0 Å². The summed E-state index contributed by atoms with van der Waals surface area (Å²) in [6, 6.07) is 0. The summed E-state index contributed by atoms with van der Waals surface area (Å²) in [7, 11) is 4.44. The molecule has 1 heterocycles. The normalized spacial score (nSPS) is 22.0. The zero-order valence-corrected chi connectivity index (χ0v) is 8.71. The highest BCUT2D eigenvalue weighted by Crippen LogP contribution is 2.16. The molecule has 0 aromatic rings. The Kier molecular flexibility index (Phi) is 4.02. The summed E-state index contributed by atoms with van der Waals surface area (Å²) in [6.07, 6.45) is 2.78. The number of likely N-dealkylation sites (tertiary alicyclic amines) is 1. The van der Waals surface area contributed by atoms with Crippen LogP contribution in [0.1, 0.15) is 19.8 Å². The predicted molar refractivity (Wildman–Crippen MR) is 53.4 cm³/mol. The summed E-state index contributed by atoms with van der Waals surface area (Å²) in [6.45, 7) is 7.30. The molecule has 0 amide bonds. The highest BCUT2D eigenvalue weighted by Gasteiger charge is 2.17. The molecule has 0 aliphatic carbocycles. The van der Waals surface area contributed by atoms with Crippen LogP contribution >= 0.6 is 0 Å². The Hall–Kier alpha value is -0.0800. The molecule has 0 radical (unpaired) electrons. The molecule has 72 valence electrons. The van der Waals surface area contributed by atoms with E-state index in [1.54, 1.807) is 0 Å². The van der Waals surface area contributed by atoms with Gasteiger partial charge in [0.15, 0.2) is 0 Å². The van der Waals surface area contributed by atoms with E-state index in [0.717, 1.165) is 5.92 Å². The molecule has 2 nitrogen and oxygen atoms in total. The molecule has 1 fully saturated rings. The lowest BCUT2D eigenvalue weighted by atomic mass is 9.97. The highest BCUT2D eigenvalue weighted by molar-refractivity contribution is 4.71. The van der Waals surface area contributed by atoms with Gasteiger partial charge in [0.2, 0.25) is 0 Å². The molecule has 1 rings (SSSR count). The van der Waals surface area contributed by atoms with Crippen molar-refractivity contribution in [3.8, 4) is 0 Å². The van der Waals surface area contributed by atoms with Crippen LogP contribution < -0.4 is 0 Å². The fraction of sp³-hybridized carbons (Fsp3) is 1.00. The predicted octanol–water partition coefficient (Wildman–Crippen LogP) is 1.28. The fourth-order valence-corrected chi connectivity index (χ4v) is 1.81. The summed E-state index contributed by atoms with van der Waals surface area (Å²) in [5.41, 5.74) is 0. The minimum Gasteiger partial charge on any atom is -0.306 e. The topological polar surface area (TPSA) is 6.48 Å². The van der Waals surface area contributed by atoms with E-state index in [4.69, 9.17) is 0 Å². The zero-order chi connectivity index (χ0) is 8.97. The third kappa shape index (κ3) is 3.11. The average Bonchev–Trinajstić information content (AvgIpc) is 2.09. The maximum Gasteiger partial charge on any atom is 0.000744 e. The maximum absolute atomic E-state index is 2.43. The van der Waals surface area contributed by atoms with Crippen LogP contribution in [0, 0.1) is 5.92 Å². The van der Waals surface area contributed by atoms with Crippen LogP contribution in [0.3, 0.4) is 0 Å². The largest absolute Gasteiger partial charge is 0.306 e. The Labute approximate surface area is 76.5 Å². The van der Waals surface area contributed by atoms with Gasteiger partial charge < -0.3 is 9.80 Å². The molecular weight excluding hydrogens is 148 g/mol. The van der Waals surface area contributed by atoms with Crippen molar-refractivity contribution in [2.24, 2.45) is 5.92 Å². The molecule has 0 N–H and O–H groups in total. The van der Waals surface area contributed by atoms with Crippen LogP contribution in [0.25, 0.3) is 0 Å². The van der Waals surface area contributed by atoms with Gasteiger partial charge in [-0.2, -0.15) is 0 Å². The molecule has 0 unspecified atom stereocenters. The Morgan fingerprint density at radius 2 is 1.92 bits per heavy atom. The third-order valence-corrected chi connectivity index (χ3v) is 2.95. The smallest absolute Gasteiger partial charge is 0.000744 e. The first-order valence-electron chi connectivity index (χ1n) is 5.09. The molecule has 0 spiro atoms. The highest BCUT2D eigenvalue weighted by atomic mass is 15.1. The van der Waals surface area contributed by atoms with Gasteiger partial charge in [-0.05, 0) is 52.5 Å². The van der Waals surface area contributed by atoms with Crippen molar-refractivity contribution in [2.75, 3.05) is 40.3 Å². The van der Waals surface area contributed by atoms with Crippen molar-refractivity contribution in [1.29, 1.82) is 0 Å². The minimum absolute atomic E-state index is 0.950. The van der Waals surface area contributed by atoms with Gasteiger partial charge in [0.05, 0.1) is 0 Å². The molecule has 0 aromatic carbocycles. The summed E-state index contributed by atoms with van der Waals surface area (Å²) >= 11 is 0. The molecule has 0 atom stereocenters. The second-order valence-corrected chi connectivity index (χ2v) is 4.10. The summed E-state index contributed by atoms with van der Waals surface area (Å²) in [4.78, 5) is 4.86. The first-order valence-corrected chi connectivity index (χ1v) is 5.09. The van der Waals surface area contributed by atoms with Crippen molar-refractivity contribution < 1.29 is 0 Å². The van der Waals surface area contributed by atoms with Gasteiger partial charge >= 0.3 is 0 Å². The van der Waals surface area contributed by atoms with Crippen LogP contribution in [-0.4, -0.2) is 50.1 Å². The standard InChI is InChI=1S/C10H22N2/c1-4-11(2)9-10-5-7-12(3)8-6-10/h10H,4-9H2,1-3H3. The number of hydrogen-bond donors (Lipinski definition) is 0. The minimum atomic E-state index is 0.950. The first kappa shape index (κ1) is 10.0. The second-order valence-electron chi connectivity index (χ2n) is 4.10. The van der Waals surface area contributed by atoms with Crippen LogP contribution in [-0.2, 0) is 0 Å². The molecule has 2 heteroatoms. The van der Waals surface area contributed by atoms with Crippen LogP contribution in [0.4, 0.5) is 0 Å². The molecule has 0 bridgehead atoms. The van der Waals surface area contributed by atoms with Gasteiger partial charge in [0.1, 0.15) is 0 Å². The van der Waals surface area contributed by atoms with E-state index in [1.807, 2.05) is 0 Å². The quantitative estimate of drug-likeness (QED) is 0.629. The molecule has 1 aliphatic heterocycles. The number of rotatable bonds is 3. The van der Waals surface area contributed by atoms with Crippen molar-refractivity contribution in [1.82, 2.24) is 9.80 Å². The van der Waals surface area contributed by atoms with E-state index in [-0.39, 0.29) is 0 Å². The lowest BCUT2D eigenvalue weighted by Crippen LogP contribution is -2.35. The monoisotopic (exact) mass is 170 g/mol. The van der Waals surface area contributed by atoms with Crippen LogP contribution in [0.5, 0.6) is 0 Å². The van der Waals surface area contributed by atoms with Crippen molar-refractivity contribution in [2.45, 2.75) is 19.8 Å². The molecular formula is C10H22N2. The third-order valence-electron chi connectivity index (χ3n) is 2.95. The van der Waals surface area contributed by atoms with Crippen molar-refractivity contribution in [3.05, 3.63) is 0 Å². The molecule has 0 aromatic heterocycles. The van der Waals surface area contributed by atoms with Crippen LogP contribution in [0.2, 0.25) is 0 Å². The molecule has 1 saturated heterocycles. The Bertz CT molecular complexity index is 117.